The standard InChI is InChI=1S/C17H15NO4S/c19-16(17(20)22-18-9-5-4-8-15(18)23)21-11-13-10-14(13)12-6-2-1-3-7-12/h1-9,13-14H,10-11H2/t13-,14-/m0/s1. The number of ether oxygens (including phenoxy) is 1. The molecule has 1 aliphatic rings. The highest BCUT2D eigenvalue weighted by Gasteiger charge is 2.39. The summed E-state index contributed by atoms with van der Waals surface area (Å²) in [5.74, 6) is -1.44. The predicted octanol–water partition coefficient (Wildman–Crippen LogP) is 2.52. The van der Waals surface area contributed by atoms with Crippen molar-refractivity contribution in [1.29, 1.82) is 0 Å². The zero-order valence-corrected chi connectivity index (χ0v) is 13.1. The Morgan fingerprint density at radius 1 is 1.09 bits per heavy atom. The Bertz CT molecular complexity index is 771. The second-order valence-electron chi connectivity index (χ2n) is 5.35. The van der Waals surface area contributed by atoms with E-state index in [1.54, 1.807) is 18.2 Å². The van der Waals surface area contributed by atoms with Crippen molar-refractivity contribution >= 4 is 24.2 Å². The smallest absolute Gasteiger partial charge is 0.442 e. The Morgan fingerprint density at radius 3 is 2.57 bits per heavy atom. The molecule has 6 heteroatoms. The third-order valence-electron chi connectivity index (χ3n) is 3.72. The molecule has 1 aromatic heterocycles. The van der Waals surface area contributed by atoms with Crippen molar-refractivity contribution < 1.29 is 19.2 Å². The quantitative estimate of drug-likeness (QED) is 0.490. The first-order valence-electron chi connectivity index (χ1n) is 7.27. The second kappa shape index (κ2) is 6.75. The van der Waals surface area contributed by atoms with Gasteiger partial charge in [-0.25, -0.2) is 9.59 Å². The Balaban J connectivity index is 1.48. The molecule has 3 rings (SSSR count). The van der Waals surface area contributed by atoms with Gasteiger partial charge in [0.05, 0.1) is 6.61 Å². The maximum Gasteiger partial charge on any atom is 0.442 e. The molecule has 1 aliphatic carbocycles. The van der Waals surface area contributed by atoms with Crippen molar-refractivity contribution in [1.82, 2.24) is 4.73 Å². The highest BCUT2D eigenvalue weighted by atomic mass is 32.1. The fraction of sp³-hybridized carbons (Fsp3) is 0.235. The van der Waals surface area contributed by atoms with Crippen LogP contribution >= 0.6 is 12.2 Å². The van der Waals surface area contributed by atoms with E-state index < -0.39 is 11.9 Å². The van der Waals surface area contributed by atoms with Gasteiger partial charge in [0.2, 0.25) is 0 Å². The van der Waals surface area contributed by atoms with Crippen molar-refractivity contribution in [3.05, 3.63) is 64.9 Å². The van der Waals surface area contributed by atoms with Gasteiger partial charge >= 0.3 is 11.9 Å². The average molecular weight is 329 g/mol. The van der Waals surface area contributed by atoms with Crippen LogP contribution in [-0.2, 0) is 14.3 Å². The molecule has 2 aromatic rings. The van der Waals surface area contributed by atoms with Crippen LogP contribution in [0.25, 0.3) is 0 Å². The molecule has 5 nitrogen and oxygen atoms in total. The van der Waals surface area contributed by atoms with E-state index in [0.29, 0.717) is 10.6 Å². The molecule has 0 radical (unpaired) electrons. The Kier molecular flexibility index (Phi) is 4.52. The van der Waals surface area contributed by atoms with Gasteiger partial charge in [0.15, 0.2) is 0 Å². The van der Waals surface area contributed by atoms with E-state index in [-0.39, 0.29) is 12.5 Å². The van der Waals surface area contributed by atoms with Crippen LogP contribution in [0.2, 0.25) is 0 Å². The van der Waals surface area contributed by atoms with Crippen molar-refractivity contribution in [2.75, 3.05) is 6.61 Å². The van der Waals surface area contributed by atoms with Crippen LogP contribution in [0.4, 0.5) is 0 Å². The number of pyridine rings is 1. The summed E-state index contributed by atoms with van der Waals surface area (Å²) in [6, 6.07) is 15.0. The highest BCUT2D eigenvalue weighted by molar-refractivity contribution is 7.71. The summed E-state index contributed by atoms with van der Waals surface area (Å²) in [7, 11) is 0. The monoisotopic (exact) mass is 329 g/mol. The summed E-state index contributed by atoms with van der Waals surface area (Å²) in [5, 5.41) is 0. The SMILES string of the molecule is O=C(OC[C@@H]1C[C@H]1c1ccccc1)C(=O)On1ccccc1=S. The zero-order chi connectivity index (χ0) is 16.2. The van der Waals surface area contributed by atoms with Crippen molar-refractivity contribution in [2.24, 2.45) is 5.92 Å². The lowest BCUT2D eigenvalue weighted by Gasteiger charge is -2.07. The van der Waals surface area contributed by atoms with Crippen LogP contribution < -0.4 is 4.84 Å². The summed E-state index contributed by atoms with van der Waals surface area (Å²) in [6.45, 7) is 0.216. The number of aromatic nitrogens is 1. The summed E-state index contributed by atoms with van der Waals surface area (Å²) < 4.78 is 6.38. The first-order valence-corrected chi connectivity index (χ1v) is 7.68. The highest BCUT2D eigenvalue weighted by Crippen LogP contribution is 2.47. The number of hydrogen-bond donors (Lipinski definition) is 0. The van der Waals surface area contributed by atoms with E-state index >= 15 is 0 Å². The number of nitrogens with zero attached hydrogens (tertiary/aromatic N) is 1. The molecule has 0 amide bonds. The zero-order valence-electron chi connectivity index (χ0n) is 12.3. The minimum Gasteiger partial charge on any atom is -0.457 e. The van der Waals surface area contributed by atoms with E-state index in [9.17, 15) is 9.59 Å². The van der Waals surface area contributed by atoms with E-state index in [1.807, 2.05) is 18.2 Å². The van der Waals surface area contributed by atoms with Crippen LogP contribution in [0.15, 0.2) is 54.7 Å². The number of carbonyl (C=O) groups excluding carboxylic acids is 2. The Hall–Kier alpha value is -2.47. The number of benzene rings is 1. The largest absolute Gasteiger partial charge is 0.457 e. The fourth-order valence-electron chi connectivity index (χ4n) is 2.40. The molecule has 1 heterocycles. The summed E-state index contributed by atoms with van der Waals surface area (Å²) in [6.07, 6.45) is 2.41. The normalized spacial score (nSPS) is 19.0. The molecule has 0 saturated heterocycles. The van der Waals surface area contributed by atoms with Crippen molar-refractivity contribution in [3.63, 3.8) is 0 Å². The second-order valence-corrected chi connectivity index (χ2v) is 5.77. The van der Waals surface area contributed by atoms with Crippen LogP contribution in [0.5, 0.6) is 0 Å². The molecule has 0 unspecified atom stereocenters. The van der Waals surface area contributed by atoms with Crippen LogP contribution in [0.3, 0.4) is 0 Å². The van der Waals surface area contributed by atoms with Gasteiger partial charge in [-0.1, -0.05) is 48.6 Å². The van der Waals surface area contributed by atoms with Gasteiger partial charge in [0.25, 0.3) is 0 Å². The van der Waals surface area contributed by atoms with Gasteiger partial charge in [-0.05, 0) is 30.0 Å². The molecule has 0 aliphatic heterocycles. The average Bonchev–Trinajstić information content (AvgIpc) is 3.35. The van der Waals surface area contributed by atoms with E-state index in [4.69, 9.17) is 21.8 Å². The first-order chi connectivity index (χ1) is 11.1. The van der Waals surface area contributed by atoms with Gasteiger partial charge in [0.1, 0.15) is 4.64 Å². The minimum atomic E-state index is -1.08. The molecular weight excluding hydrogens is 314 g/mol. The van der Waals surface area contributed by atoms with E-state index in [0.717, 1.165) is 11.2 Å². The van der Waals surface area contributed by atoms with Gasteiger partial charge in [-0.2, -0.15) is 4.73 Å². The molecule has 1 saturated carbocycles. The van der Waals surface area contributed by atoms with Gasteiger partial charge in [-0.3, -0.25) is 0 Å². The molecular formula is C17H15NO4S. The maximum atomic E-state index is 11.7. The fourth-order valence-corrected chi connectivity index (χ4v) is 2.57. The van der Waals surface area contributed by atoms with Gasteiger partial charge in [0, 0.05) is 12.1 Å². The minimum absolute atomic E-state index is 0.216. The Labute approximate surface area is 138 Å². The van der Waals surface area contributed by atoms with E-state index in [1.165, 1.54) is 11.8 Å². The van der Waals surface area contributed by atoms with Crippen LogP contribution in [0.1, 0.15) is 17.9 Å². The topological polar surface area (TPSA) is 57.5 Å². The molecule has 0 spiro atoms. The third kappa shape index (κ3) is 3.84. The predicted molar refractivity (Wildman–Crippen MR) is 85.1 cm³/mol. The first kappa shape index (κ1) is 15.4. The van der Waals surface area contributed by atoms with Gasteiger partial charge < -0.3 is 9.57 Å². The van der Waals surface area contributed by atoms with E-state index in [2.05, 4.69) is 12.1 Å². The van der Waals surface area contributed by atoms with Crippen LogP contribution in [-0.4, -0.2) is 23.3 Å². The molecule has 1 fully saturated rings. The molecule has 0 N–H and O–H groups in total. The summed E-state index contributed by atoms with van der Waals surface area (Å²) >= 11 is 4.98. The summed E-state index contributed by atoms with van der Waals surface area (Å²) in [5.41, 5.74) is 1.23. The number of esters is 1. The lowest BCUT2D eigenvalue weighted by molar-refractivity contribution is -0.168. The van der Waals surface area contributed by atoms with Gasteiger partial charge in [-0.15, -0.1) is 0 Å². The number of hydrogen-bond acceptors (Lipinski definition) is 5. The van der Waals surface area contributed by atoms with Crippen molar-refractivity contribution in [2.45, 2.75) is 12.3 Å². The molecule has 118 valence electrons. The lowest BCUT2D eigenvalue weighted by Crippen LogP contribution is -2.29. The molecule has 2 atom stereocenters. The molecule has 0 bridgehead atoms. The third-order valence-corrected chi connectivity index (χ3v) is 4.03. The number of carbonyl (C=O) groups is 2. The number of rotatable bonds is 4. The van der Waals surface area contributed by atoms with Crippen LogP contribution in [0, 0.1) is 10.6 Å². The van der Waals surface area contributed by atoms with Crippen molar-refractivity contribution in [3.8, 4) is 0 Å². The molecule has 23 heavy (non-hydrogen) atoms. The maximum absolute atomic E-state index is 11.7. The Morgan fingerprint density at radius 2 is 1.83 bits per heavy atom. The molecule has 1 aromatic carbocycles. The summed E-state index contributed by atoms with van der Waals surface area (Å²) in [4.78, 5) is 28.2. The lowest BCUT2D eigenvalue weighted by atomic mass is 10.1.